The van der Waals surface area contributed by atoms with E-state index in [-0.39, 0.29) is 11.7 Å². The van der Waals surface area contributed by atoms with E-state index in [1.807, 2.05) is 47.2 Å². The van der Waals surface area contributed by atoms with Crippen LogP contribution in [0.4, 0.5) is 4.79 Å². The van der Waals surface area contributed by atoms with Gasteiger partial charge in [0.15, 0.2) is 0 Å². The van der Waals surface area contributed by atoms with Crippen LogP contribution in [0.15, 0.2) is 60.4 Å². The summed E-state index contributed by atoms with van der Waals surface area (Å²) in [7, 11) is 1.35. The van der Waals surface area contributed by atoms with Crippen LogP contribution in [0.3, 0.4) is 0 Å². The first-order valence-electron chi connectivity index (χ1n) is 8.64. The largest absolute Gasteiger partial charge is 0.465 e. The summed E-state index contributed by atoms with van der Waals surface area (Å²) >= 11 is 0. The highest BCUT2D eigenvalue weighted by atomic mass is 16.5. The molecule has 140 valence electrons. The average Bonchev–Trinajstić information content (AvgIpc) is 3.21. The number of aromatic nitrogens is 1. The number of imide groups is 1. The average molecular weight is 375 g/mol. The molecular formula is C21H17N3O4. The molecular weight excluding hydrogens is 358 g/mol. The van der Waals surface area contributed by atoms with Gasteiger partial charge in [0.25, 0.3) is 5.91 Å². The van der Waals surface area contributed by atoms with Crippen molar-refractivity contribution in [3.05, 3.63) is 77.1 Å². The number of amides is 3. The quantitative estimate of drug-likeness (QED) is 0.417. The van der Waals surface area contributed by atoms with Crippen molar-refractivity contribution in [2.45, 2.75) is 6.54 Å². The summed E-state index contributed by atoms with van der Waals surface area (Å²) in [6.07, 6.45) is 3.57. The van der Waals surface area contributed by atoms with Gasteiger partial charge in [-0.1, -0.05) is 30.3 Å². The Balaban J connectivity index is 1.73. The molecule has 2 aromatic carbocycles. The summed E-state index contributed by atoms with van der Waals surface area (Å²) < 4.78 is 6.82. The second kappa shape index (κ2) is 7.03. The first-order chi connectivity index (χ1) is 13.5. The molecule has 0 spiro atoms. The van der Waals surface area contributed by atoms with Crippen LogP contribution >= 0.6 is 0 Å². The molecule has 0 aliphatic carbocycles. The lowest BCUT2D eigenvalue weighted by Gasteiger charge is -2.07. The van der Waals surface area contributed by atoms with Crippen molar-refractivity contribution in [3.63, 3.8) is 0 Å². The number of esters is 1. The van der Waals surface area contributed by atoms with E-state index in [9.17, 15) is 14.4 Å². The molecule has 1 aliphatic heterocycles. The molecule has 1 aromatic heterocycles. The standard InChI is InChI=1S/C21H17N3O4/c1-28-20(26)14-6-4-5-13(9-14)11-24-12-15(16-7-2-3-8-18(16)24)10-17-19(25)23-21(27)22-17/h2-10,12H,11H2,1H3,(H2,22,23,25,27)/b17-10+. The van der Waals surface area contributed by atoms with Crippen LogP contribution in [0.1, 0.15) is 21.5 Å². The minimum absolute atomic E-state index is 0.209. The maximum atomic E-state index is 11.8. The monoisotopic (exact) mass is 375 g/mol. The van der Waals surface area contributed by atoms with Crippen LogP contribution in [0.25, 0.3) is 17.0 Å². The molecule has 2 heterocycles. The Kier molecular flexibility index (Phi) is 4.41. The molecule has 1 fully saturated rings. The summed E-state index contributed by atoms with van der Waals surface area (Å²) in [5, 5.41) is 5.65. The molecule has 0 bridgehead atoms. The molecule has 0 saturated carbocycles. The lowest BCUT2D eigenvalue weighted by atomic mass is 10.1. The third kappa shape index (κ3) is 3.25. The van der Waals surface area contributed by atoms with E-state index in [0.717, 1.165) is 22.0 Å². The van der Waals surface area contributed by atoms with Crippen LogP contribution in [-0.4, -0.2) is 29.6 Å². The summed E-state index contributed by atoms with van der Waals surface area (Å²) in [6.45, 7) is 0.535. The molecule has 3 amide bonds. The third-order valence-corrected chi connectivity index (χ3v) is 4.54. The van der Waals surface area contributed by atoms with Gasteiger partial charge in [0.2, 0.25) is 0 Å². The smallest absolute Gasteiger partial charge is 0.337 e. The van der Waals surface area contributed by atoms with Crippen molar-refractivity contribution in [1.82, 2.24) is 15.2 Å². The van der Waals surface area contributed by atoms with Gasteiger partial charge in [0.05, 0.1) is 12.7 Å². The fourth-order valence-corrected chi connectivity index (χ4v) is 3.27. The van der Waals surface area contributed by atoms with Crippen LogP contribution in [0, 0.1) is 0 Å². The van der Waals surface area contributed by atoms with Crippen LogP contribution in [0.5, 0.6) is 0 Å². The van der Waals surface area contributed by atoms with E-state index < -0.39 is 11.9 Å². The molecule has 0 unspecified atom stereocenters. The second-order valence-electron chi connectivity index (χ2n) is 6.39. The van der Waals surface area contributed by atoms with Gasteiger partial charge in [0.1, 0.15) is 5.70 Å². The van der Waals surface area contributed by atoms with Gasteiger partial charge in [-0.2, -0.15) is 0 Å². The minimum Gasteiger partial charge on any atom is -0.465 e. The van der Waals surface area contributed by atoms with Crippen LogP contribution < -0.4 is 10.6 Å². The van der Waals surface area contributed by atoms with Gasteiger partial charge < -0.3 is 14.6 Å². The van der Waals surface area contributed by atoms with Crippen molar-refractivity contribution in [3.8, 4) is 0 Å². The van der Waals surface area contributed by atoms with Gasteiger partial charge in [-0.05, 0) is 29.8 Å². The molecule has 2 N–H and O–H groups in total. The second-order valence-corrected chi connectivity index (χ2v) is 6.39. The summed E-state index contributed by atoms with van der Waals surface area (Å²) in [5.74, 6) is -0.833. The van der Waals surface area contributed by atoms with Crippen LogP contribution in [-0.2, 0) is 16.1 Å². The first-order valence-corrected chi connectivity index (χ1v) is 8.64. The molecule has 7 heteroatoms. The molecule has 1 aliphatic rings. The van der Waals surface area contributed by atoms with E-state index in [2.05, 4.69) is 10.6 Å². The lowest BCUT2D eigenvalue weighted by molar-refractivity contribution is -0.115. The normalized spacial score (nSPS) is 15.0. The predicted molar refractivity (Wildman–Crippen MR) is 103 cm³/mol. The fraction of sp³-hybridized carbons (Fsp3) is 0.0952. The number of rotatable bonds is 4. The Labute approximate surface area is 160 Å². The van der Waals surface area contributed by atoms with Crippen molar-refractivity contribution < 1.29 is 19.1 Å². The number of hydrogen-bond donors (Lipinski definition) is 2. The Hall–Kier alpha value is -3.87. The summed E-state index contributed by atoms with van der Waals surface area (Å²) in [6, 6.07) is 14.5. The van der Waals surface area contributed by atoms with Gasteiger partial charge in [-0.3, -0.25) is 10.1 Å². The van der Waals surface area contributed by atoms with Gasteiger partial charge in [-0.15, -0.1) is 0 Å². The van der Waals surface area contributed by atoms with Crippen molar-refractivity contribution in [2.24, 2.45) is 0 Å². The van der Waals surface area contributed by atoms with Gasteiger partial charge in [-0.25, -0.2) is 9.59 Å². The van der Waals surface area contributed by atoms with Gasteiger partial charge in [0, 0.05) is 29.2 Å². The molecule has 1 saturated heterocycles. The molecule has 7 nitrogen and oxygen atoms in total. The molecule has 3 aromatic rings. The number of hydrogen-bond acceptors (Lipinski definition) is 4. The number of para-hydroxylation sites is 1. The highest BCUT2D eigenvalue weighted by Crippen LogP contribution is 2.25. The van der Waals surface area contributed by atoms with E-state index in [0.29, 0.717) is 12.1 Å². The topological polar surface area (TPSA) is 89.4 Å². The Morgan fingerprint density at radius 2 is 1.93 bits per heavy atom. The number of carbonyl (C=O) groups is 3. The number of fused-ring (bicyclic) bond motifs is 1. The highest BCUT2D eigenvalue weighted by molar-refractivity contribution is 6.14. The van der Waals surface area contributed by atoms with Crippen molar-refractivity contribution >= 4 is 34.9 Å². The highest BCUT2D eigenvalue weighted by Gasteiger charge is 2.23. The summed E-state index contributed by atoms with van der Waals surface area (Å²) in [5.41, 5.74) is 3.43. The molecule has 0 radical (unpaired) electrons. The Bertz CT molecular complexity index is 1140. The van der Waals surface area contributed by atoms with E-state index in [1.54, 1.807) is 18.2 Å². The zero-order valence-corrected chi connectivity index (χ0v) is 15.1. The zero-order chi connectivity index (χ0) is 19.7. The molecule has 28 heavy (non-hydrogen) atoms. The third-order valence-electron chi connectivity index (χ3n) is 4.54. The number of methoxy groups -OCH3 is 1. The number of benzene rings is 2. The Morgan fingerprint density at radius 1 is 1.11 bits per heavy atom. The summed E-state index contributed by atoms with van der Waals surface area (Å²) in [4.78, 5) is 35.0. The molecule has 0 atom stereocenters. The van der Waals surface area contributed by atoms with Crippen LogP contribution in [0.2, 0.25) is 0 Å². The van der Waals surface area contributed by atoms with Crippen molar-refractivity contribution in [1.29, 1.82) is 0 Å². The fourth-order valence-electron chi connectivity index (χ4n) is 3.27. The SMILES string of the molecule is COC(=O)c1cccc(Cn2cc(/C=C3/NC(=O)NC3=O)c3ccccc32)c1. The zero-order valence-electron chi connectivity index (χ0n) is 15.1. The van der Waals surface area contributed by atoms with E-state index >= 15 is 0 Å². The van der Waals surface area contributed by atoms with Crippen molar-refractivity contribution in [2.75, 3.05) is 7.11 Å². The number of nitrogens with zero attached hydrogens (tertiary/aromatic N) is 1. The molecule has 4 rings (SSSR count). The number of carbonyl (C=O) groups excluding carboxylic acids is 3. The maximum absolute atomic E-state index is 11.8. The number of ether oxygens (including phenoxy) is 1. The number of nitrogens with one attached hydrogen (secondary N) is 2. The van der Waals surface area contributed by atoms with E-state index in [4.69, 9.17) is 4.74 Å². The minimum atomic E-state index is -0.528. The lowest BCUT2D eigenvalue weighted by Crippen LogP contribution is -2.22. The predicted octanol–water partition coefficient (Wildman–Crippen LogP) is 2.66. The number of urea groups is 1. The first kappa shape index (κ1) is 17.5. The van der Waals surface area contributed by atoms with Gasteiger partial charge >= 0.3 is 12.0 Å². The Morgan fingerprint density at radius 3 is 2.68 bits per heavy atom. The maximum Gasteiger partial charge on any atom is 0.337 e. The van der Waals surface area contributed by atoms with E-state index in [1.165, 1.54) is 7.11 Å².